The van der Waals surface area contributed by atoms with Gasteiger partial charge >= 0.3 is 0 Å². The summed E-state index contributed by atoms with van der Waals surface area (Å²) in [5, 5.41) is 4.55. The number of nitrogens with one attached hydrogen (secondary N) is 2. The van der Waals surface area contributed by atoms with Crippen molar-refractivity contribution in [2.45, 2.75) is 6.04 Å². The van der Waals surface area contributed by atoms with Crippen LogP contribution in [0, 0.1) is 0 Å². The predicted octanol–water partition coefficient (Wildman–Crippen LogP) is -3.04. The number of hydrogen-bond acceptors (Lipinski definition) is 5. The lowest BCUT2D eigenvalue weighted by Gasteiger charge is -2.12. The summed E-state index contributed by atoms with van der Waals surface area (Å²) in [5.41, 5.74) is 9.97. The molecular weight excluding hydrogens is 220 g/mol. The second-order valence-electron chi connectivity index (χ2n) is 2.69. The van der Waals surface area contributed by atoms with Gasteiger partial charge in [0.25, 0.3) is 0 Å². The second kappa shape index (κ2) is 7.07. The Balaban J connectivity index is 3.91. The first-order chi connectivity index (χ1) is 7.01. The van der Waals surface area contributed by atoms with Gasteiger partial charge in [-0.15, -0.1) is 0 Å². The van der Waals surface area contributed by atoms with Crippen molar-refractivity contribution in [2.24, 2.45) is 11.5 Å². The molecule has 0 spiro atoms. The standard InChI is InChI=1S/C7H14N4O3S/c8-1-5(12)10-2-6(13)11-4(3-15)7(9)14/h4,15H,1-3,8H2,(H2,9,14)(H,10,12)(H,11,13)/t4-/m0/s1. The van der Waals surface area contributed by atoms with Gasteiger partial charge in [-0.2, -0.15) is 12.6 Å². The summed E-state index contributed by atoms with van der Waals surface area (Å²) in [6, 6.07) is -0.837. The van der Waals surface area contributed by atoms with E-state index in [0.29, 0.717) is 0 Å². The van der Waals surface area contributed by atoms with Crippen LogP contribution >= 0.6 is 12.6 Å². The topological polar surface area (TPSA) is 127 Å². The third-order valence-electron chi connectivity index (χ3n) is 1.49. The number of rotatable bonds is 6. The lowest BCUT2D eigenvalue weighted by atomic mass is 10.3. The minimum absolute atomic E-state index is 0.103. The number of thiol groups is 1. The summed E-state index contributed by atoms with van der Waals surface area (Å²) >= 11 is 3.83. The number of carbonyl (C=O) groups excluding carboxylic acids is 3. The number of hydrogen-bond donors (Lipinski definition) is 5. The van der Waals surface area contributed by atoms with E-state index in [-0.39, 0.29) is 18.8 Å². The summed E-state index contributed by atoms with van der Waals surface area (Å²) in [6.45, 7) is -0.438. The predicted molar refractivity (Wildman–Crippen MR) is 57.0 cm³/mol. The lowest BCUT2D eigenvalue weighted by molar-refractivity contribution is -0.128. The maximum absolute atomic E-state index is 11.1. The highest BCUT2D eigenvalue weighted by Gasteiger charge is 2.15. The van der Waals surface area contributed by atoms with Crippen molar-refractivity contribution >= 4 is 30.4 Å². The summed E-state index contributed by atoms with van der Waals surface area (Å²) < 4.78 is 0. The fourth-order valence-electron chi connectivity index (χ4n) is 0.703. The molecule has 1 atom stereocenters. The van der Waals surface area contributed by atoms with E-state index in [1.54, 1.807) is 0 Å². The molecule has 0 aliphatic rings. The molecule has 0 aromatic carbocycles. The molecule has 0 heterocycles. The number of nitrogens with two attached hydrogens (primary N) is 2. The molecule has 0 rings (SSSR count). The van der Waals surface area contributed by atoms with Gasteiger partial charge < -0.3 is 22.1 Å². The number of carbonyl (C=O) groups is 3. The van der Waals surface area contributed by atoms with E-state index in [2.05, 4.69) is 23.3 Å². The van der Waals surface area contributed by atoms with Crippen molar-refractivity contribution in [3.05, 3.63) is 0 Å². The molecule has 3 amide bonds. The van der Waals surface area contributed by atoms with Gasteiger partial charge in [-0.05, 0) is 0 Å². The Labute approximate surface area is 92.3 Å². The van der Waals surface area contributed by atoms with Crippen LogP contribution in [0.25, 0.3) is 0 Å². The molecule has 86 valence electrons. The van der Waals surface area contributed by atoms with Crippen LogP contribution in [0.3, 0.4) is 0 Å². The van der Waals surface area contributed by atoms with Gasteiger partial charge in [-0.25, -0.2) is 0 Å². The van der Waals surface area contributed by atoms with Crippen molar-refractivity contribution < 1.29 is 14.4 Å². The zero-order chi connectivity index (χ0) is 11.8. The van der Waals surface area contributed by atoms with Crippen molar-refractivity contribution in [2.75, 3.05) is 18.8 Å². The molecule has 0 aromatic rings. The van der Waals surface area contributed by atoms with Crippen LogP contribution in [0.4, 0.5) is 0 Å². The fourth-order valence-corrected chi connectivity index (χ4v) is 0.974. The smallest absolute Gasteiger partial charge is 0.240 e. The number of primary amides is 1. The normalized spacial score (nSPS) is 11.6. The van der Waals surface area contributed by atoms with Gasteiger partial charge in [0.2, 0.25) is 17.7 Å². The van der Waals surface area contributed by atoms with Gasteiger partial charge in [-0.1, -0.05) is 0 Å². The van der Waals surface area contributed by atoms with Crippen molar-refractivity contribution in [1.82, 2.24) is 10.6 Å². The Hall–Kier alpha value is -1.28. The molecule has 8 heteroatoms. The van der Waals surface area contributed by atoms with E-state index < -0.39 is 23.8 Å². The highest BCUT2D eigenvalue weighted by atomic mass is 32.1. The summed E-state index contributed by atoms with van der Waals surface area (Å²) in [5.74, 6) is -1.55. The van der Waals surface area contributed by atoms with Crippen molar-refractivity contribution in [3.63, 3.8) is 0 Å². The molecule has 15 heavy (non-hydrogen) atoms. The van der Waals surface area contributed by atoms with Crippen molar-refractivity contribution in [1.29, 1.82) is 0 Å². The monoisotopic (exact) mass is 234 g/mol. The van der Waals surface area contributed by atoms with E-state index in [9.17, 15) is 14.4 Å². The summed E-state index contributed by atoms with van der Waals surface area (Å²) in [7, 11) is 0. The number of amides is 3. The molecule has 0 bridgehead atoms. The van der Waals surface area contributed by atoms with Crippen LogP contribution in [0.2, 0.25) is 0 Å². The van der Waals surface area contributed by atoms with E-state index in [1.807, 2.05) is 0 Å². The minimum Gasteiger partial charge on any atom is -0.368 e. The first-order valence-electron chi connectivity index (χ1n) is 4.17. The molecule has 0 fully saturated rings. The van der Waals surface area contributed by atoms with Crippen molar-refractivity contribution in [3.8, 4) is 0 Å². The maximum atomic E-state index is 11.1. The third kappa shape index (κ3) is 5.92. The molecule has 7 nitrogen and oxygen atoms in total. The second-order valence-corrected chi connectivity index (χ2v) is 3.05. The van der Waals surface area contributed by atoms with Crippen LogP contribution in [0.15, 0.2) is 0 Å². The SMILES string of the molecule is NCC(=O)NCC(=O)N[C@@H](CS)C(N)=O. The molecule has 6 N–H and O–H groups in total. The Morgan fingerprint density at radius 2 is 1.87 bits per heavy atom. The van der Waals surface area contributed by atoms with Crippen LogP contribution < -0.4 is 22.1 Å². The molecule has 0 saturated heterocycles. The molecular formula is C7H14N4O3S. The first-order valence-corrected chi connectivity index (χ1v) is 4.80. The van der Waals surface area contributed by atoms with E-state index in [0.717, 1.165) is 0 Å². The Morgan fingerprint density at radius 3 is 2.27 bits per heavy atom. The van der Waals surface area contributed by atoms with Gasteiger partial charge in [-0.3, -0.25) is 14.4 Å². The third-order valence-corrected chi connectivity index (χ3v) is 1.86. The zero-order valence-electron chi connectivity index (χ0n) is 8.03. The maximum Gasteiger partial charge on any atom is 0.240 e. The minimum atomic E-state index is -0.837. The molecule has 0 aromatic heterocycles. The molecule has 0 aliphatic heterocycles. The first kappa shape index (κ1) is 13.7. The van der Waals surface area contributed by atoms with Gasteiger partial charge in [0.05, 0.1) is 13.1 Å². The van der Waals surface area contributed by atoms with E-state index in [1.165, 1.54) is 0 Å². The van der Waals surface area contributed by atoms with Gasteiger partial charge in [0, 0.05) is 5.75 Å². The zero-order valence-corrected chi connectivity index (χ0v) is 8.92. The van der Waals surface area contributed by atoms with Gasteiger partial charge in [0.1, 0.15) is 6.04 Å². The molecule has 0 aliphatic carbocycles. The Morgan fingerprint density at radius 1 is 1.27 bits per heavy atom. The fraction of sp³-hybridized carbons (Fsp3) is 0.571. The molecule has 0 radical (unpaired) electrons. The molecule has 0 unspecified atom stereocenters. The van der Waals surface area contributed by atoms with Crippen LogP contribution in [0.1, 0.15) is 0 Å². The Bertz CT molecular complexity index is 259. The molecule has 0 saturated carbocycles. The van der Waals surface area contributed by atoms with Crippen LogP contribution in [-0.2, 0) is 14.4 Å². The largest absolute Gasteiger partial charge is 0.368 e. The quantitative estimate of drug-likeness (QED) is 0.313. The van der Waals surface area contributed by atoms with Crippen LogP contribution in [-0.4, -0.2) is 42.6 Å². The average Bonchev–Trinajstić information content (AvgIpc) is 2.21. The highest BCUT2D eigenvalue weighted by Crippen LogP contribution is 1.85. The van der Waals surface area contributed by atoms with E-state index >= 15 is 0 Å². The average molecular weight is 234 g/mol. The summed E-state index contributed by atoms with van der Waals surface area (Å²) in [4.78, 5) is 32.5. The van der Waals surface area contributed by atoms with Crippen LogP contribution in [0.5, 0.6) is 0 Å². The lowest BCUT2D eigenvalue weighted by Crippen LogP contribution is -2.49. The summed E-state index contributed by atoms with van der Waals surface area (Å²) in [6.07, 6.45) is 0. The Kier molecular flexibility index (Phi) is 6.47. The highest BCUT2D eigenvalue weighted by molar-refractivity contribution is 7.80. The van der Waals surface area contributed by atoms with E-state index in [4.69, 9.17) is 11.5 Å². The van der Waals surface area contributed by atoms with Gasteiger partial charge in [0.15, 0.2) is 0 Å².